The van der Waals surface area contributed by atoms with Gasteiger partial charge in [0, 0.05) is 34.2 Å². The van der Waals surface area contributed by atoms with E-state index in [2.05, 4.69) is 9.97 Å². The summed E-state index contributed by atoms with van der Waals surface area (Å²) in [6.07, 6.45) is 5.22. The van der Waals surface area contributed by atoms with Crippen LogP contribution in [-0.2, 0) is 12.8 Å². The van der Waals surface area contributed by atoms with Crippen LogP contribution in [0.15, 0.2) is 48.8 Å². The number of aryl methyl sites for hydroxylation is 2. The topological polar surface area (TPSA) is 106 Å². The summed E-state index contributed by atoms with van der Waals surface area (Å²) in [5.74, 6) is -1.89. The lowest BCUT2D eigenvalue weighted by Gasteiger charge is -2.02. The number of carboxylic acids is 2. The van der Waals surface area contributed by atoms with Crippen LogP contribution in [0.2, 0.25) is 0 Å². The van der Waals surface area contributed by atoms with Gasteiger partial charge in [-0.05, 0) is 60.4 Å². The van der Waals surface area contributed by atoms with Gasteiger partial charge in [-0.3, -0.25) is 0 Å². The molecule has 0 amide bonds. The number of fused-ring (bicyclic) bond motifs is 2. The van der Waals surface area contributed by atoms with E-state index in [0.717, 1.165) is 32.9 Å². The predicted molar refractivity (Wildman–Crippen MR) is 97.9 cm³/mol. The van der Waals surface area contributed by atoms with Gasteiger partial charge in [0.15, 0.2) is 0 Å². The van der Waals surface area contributed by atoms with Crippen molar-refractivity contribution in [1.82, 2.24) is 9.97 Å². The Morgan fingerprint density at radius 1 is 0.731 bits per heavy atom. The second-order valence-corrected chi connectivity index (χ2v) is 6.26. The Morgan fingerprint density at radius 3 is 1.54 bits per heavy atom. The maximum atomic E-state index is 11.2. The quantitative estimate of drug-likeness (QED) is 0.440. The number of rotatable bonds is 5. The van der Waals surface area contributed by atoms with Crippen molar-refractivity contribution in [1.29, 1.82) is 0 Å². The highest BCUT2D eigenvalue weighted by Crippen LogP contribution is 2.25. The third-order valence-electron chi connectivity index (χ3n) is 4.69. The van der Waals surface area contributed by atoms with E-state index in [9.17, 15) is 19.8 Å². The zero-order valence-corrected chi connectivity index (χ0v) is 13.7. The third kappa shape index (κ3) is 2.71. The molecule has 0 spiro atoms. The van der Waals surface area contributed by atoms with Crippen LogP contribution in [0, 0.1) is 0 Å². The first-order chi connectivity index (χ1) is 12.5. The van der Waals surface area contributed by atoms with Gasteiger partial charge in [-0.15, -0.1) is 0 Å². The number of hydrogen-bond acceptors (Lipinski definition) is 2. The van der Waals surface area contributed by atoms with Gasteiger partial charge in [0.05, 0.1) is 11.1 Å². The summed E-state index contributed by atoms with van der Waals surface area (Å²) in [5.41, 5.74) is 4.39. The number of carboxylic acid groups (broad SMARTS) is 2. The van der Waals surface area contributed by atoms with E-state index in [1.165, 1.54) is 0 Å². The summed E-state index contributed by atoms with van der Waals surface area (Å²) < 4.78 is 0. The van der Waals surface area contributed by atoms with Gasteiger partial charge in [-0.2, -0.15) is 0 Å². The number of H-pyrrole nitrogens is 2. The second-order valence-electron chi connectivity index (χ2n) is 6.26. The summed E-state index contributed by atoms with van der Waals surface area (Å²) in [7, 11) is 0. The molecule has 4 rings (SSSR count). The maximum absolute atomic E-state index is 11.2. The lowest BCUT2D eigenvalue weighted by Crippen LogP contribution is -1.96. The molecule has 0 saturated heterocycles. The van der Waals surface area contributed by atoms with Crippen LogP contribution in [0.5, 0.6) is 0 Å². The highest BCUT2D eigenvalue weighted by atomic mass is 16.4. The van der Waals surface area contributed by atoms with Gasteiger partial charge >= 0.3 is 11.9 Å². The summed E-state index contributed by atoms with van der Waals surface area (Å²) in [6, 6.07) is 10.1. The molecule has 2 heterocycles. The molecule has 6 heteroatoms. The number of hydrogen-bond donors (Lipinski definition) is 4. The molecule has 26 heavy (non-hydrogen) atoms. The van der Waals surface area contributed by atoms with Gasteiger partial charge in [-0.25, -0.2) is 9.59 Å². The lowest BCUT2D eigenvalue weighted by molar-refractivity contribution is 0.0686. The van der Waals surface area contributed by atoms with E-state index in [1.54, 1.807) is 36.4 Å². The van der Waals surface area contributed by atoms with Crippen LogP contribution >= 0.6 is 0 Å². The monoisotopic (exact) mass is 348 g/mol. The van der Waals surface area contributed by atoms with Crippen molar-refractivity contribution in [3.63, 3.8) is 0 Å². The molecule has 0 fully saturated rings. The minimum atomic E-state index is -0.947. The molecule has 4 aromatic rings. The Bertz CT molecular complexity index is 1060. The molecule has 0 unspecified atom stereocenters. The van der Waals surface area contributed by atoms with Crippen molar-refractivity contribution >= 4 is 33.7 Å². The lowest BCUT2D eigenvalue weighted by atomic mass is 10.0. The smallest absolute Gasteiger partial charge is 0.335 e. The molecule has 4 N–H and O–H groups in total. The average molecular weight is 348 g/mol. The van der Waals surface area contributed by atoms with Crippen LogP contribution in [0.4, 0.5) is 0 Å². The van der Waals surface area contributed by atoms with Crippen molar-refractivity contribution in [2.24, 2.45) is 0 Å². The van der Waals surface area contributed by atoms with E-state index in [0.29, 0.717) is 12.8 Å². The highest BCUT2D eigenvalue weighted by Gasteiger charge is 2.11. The SMILES string of the molecule is O=C(O)c1ccc2[nH]cc(CCc3c[nH]c4ccc(C(=O)O)cc34)c2c1. The van der Waals surface area contributed by atoms with Crippen molar-refractivity contribution in [3.8, 4) is 0 Å². The van der Waals surface area contributed by atoms with Crippen LogP contribution in [-0.4, -0.2) is 32.1 Å². The third-order valence-corrected chi connectivity index (χ3v) is 4.69. The molecule has 0 radical (unpaired) electrons. The van der Waals surface area contributed by atoms with Gasteiger partial charge in [0.1, 0.15) is 0 Å². The fourth-order valence-electron chi connectivity index (χ4n) is 3.31. The standard InChI is InChI=1S/C20H16N2O4/c23-19(24)11-3-5-17-15(7-11)13(9-21-17)1-2-14-10-22-18-6-4-12(20(25)26)8-16(14)18/h3-10,21-22H,1-2H2,(H,23,24)(H,25,26). The minimum absolute atomic E-state index is 0.261. The largest absolute Gasteiger partial charge is 0.478 e. The fraction of sp³-hybridized carbons (Fsp3) is 0.100. The maximum Gasteiger partial charge on any atom is 0.335 e. The van der Waals surface area contributed by atoms with Gasteiger partial charge in [0.25, 0.3) is 0 Å². The van der Waals surface area contributed by atoms with E-state index in [4.69, 9.17) is 0 Å². The molecular formula is C20H16N2O4. The number of carbonyl (C=O) groups is 2. The summed E-state index contributed by atoms with van der Waals surface area (Å²) in [4.78, 5) is 28.7. The first kappa shape index (κ1) is 16.0. The van der Waals surface area contributed by atoms with Crippen LogP contribution in [0.1, 0.15) is 31.8 Å². The predicted octanol–water partition coefficient (Wildman–Crippen LogP) is 3.83. The fourth-order valence-corrected chi connectivity index (χ4v) is 3.31. The number of aromatic carboxylic acids is 2. The molecular weight excluding hydrogens is 332 g/mol. The molecule has 0 aliphatic heterocycles. The van der Waals surface area contributed by atoms with Crippen molar-refractivity contribution in [2.45, 2.75) is 12.8 Å². The molecule has 0 atom stereocenters. The average Bonchev–Trinajstić information content (AvgIpc) is 3.22. The number of nitrogens with one attached hydrogen (secondary N) is 2. The second kappa shape index (κ2) is 6.07. The molecule has 2 aromatic carbocycles. The molecule has 0 aliphatic rings. The van der Waals surface area contributed by atoms with Gasteiger partial charge in [0.2, 0.25) is 0 Å². The summed E-state index contributed by atoms with van der Waals surface area (Å²) in [6.45, 7) is 0. The van der Waals surface area contributed by atoms with E-state index >= 15 is 0 Å². The van der Waals surface area contributed by atoms with Gasteiger partial charge in [-0.1, -0.05) is 0 Å². The van der Waals surface area contributed by atoms with E-state index in [1.807, 2.05) is 12.4 Å². The molecule has 6 nitrogen and oxygen atoms in total. The van der Waals surface area contributed by atoms with Crippen LogP contribution in [0.25, 0.3) is 21.8 Å². The molecule has 0 bridgehead atoms. The summed E-state index contributed by atoms with van der Waals surface area (Å²) in [5, 5.41) is 20.2. The number of aromatic nitrogens is 2. The van der Waals surface area contributed by atoms with Crippen molar-refractivity contribution in [2.75, 3.05) is 0 Å². The zero-order valence-electron chi connectivity index (χ0n) is 13.7. The van der Waals surface area contributed by atoms with Gasteiger partial charge < -0.3 is 20.2 Å². The molecule has 130 valence electrons. The Morgan fingerprint density at radius 2 is 1.15 bits per heavy atom. The van der Waals surface area contributed by atoms with Crippen LogP contribution < -0.4 is 0 Å². The Labute approximate surface area is 148 Å². The summed E-state index contributed by atoms with van der Waals surface area (Å²) >= 11 is 0. The molecule has 0 saturated carbocycles. The first-order valence-electron chi connectivity index (χ1n) is 8.19. The van der Waals surface area contributed by atoms with E-state index < -0.39 is 11.9 Å². The Hall–Kier alpha value is -3.54. The number of aromatic amines is 2. The minimum Gasteiger partial charge on any atom is -0.478 e. The first-order valence-corrected chi connectivity index (χ1v) is 8.19. The Kier molecular flexibility index (Phi) is 3.73. The molecule has 0 aliphatic carbocycles. The number of benzene rings is 2. The van der Waals surface area contributed by atoms with Crippen molar-refractivity contribution < 1.29 is 19.8 Å². The zero-order chi connectivity index (χ0) is 18.3. The van der Waals surface area contributed by atoms with Crippen molar-refractivity contribution in [3.05, 3.63) is 71.0 Å². The van der Waals surface area contributed by atoms with E-state index in [-0.39, 0.29) is 11.1 Å². The van der Waals surface area contributed by atoms with Crippen LogP contribution in [0.3, 0.4) is 0 Å². The molecule has 2 aromatic heterocycles. The highest BCUT2D eigenvalue weighted by molar-refractivity contribution is 5.95. The Balaban J connectivity index is 1.65. The normalized spacial score (nSPS) is 11.2.